The maximum absolute atomic E-state index is 16.9. The van der Waals surface area contributed by atoms with Crippen molar-refractivity contribution in [3.63, 3.8) is 0 Å². The summed E-state index contributed by atoms with van der Waals surface area (Å²) in [5.41, 5.74) is -1.37. The lowest BCUT2D eigenvalue weighted by Crippen LogP contribution is -2.47. The Kier molecular flexibility index (Phi) is 6.54. The van der Waals surface area contributed by atoms with Crippen molar-refractivity contribution in [2.75, 3.05) is 0 Å². The van der Waals surface area contributed by atoms with Gasteiger partial charge in [-0.1, -0.05) is 54.6 Å². The molecule has 0 heterocycles. The van der Waals surface area contributed by atoms with Crippen molar-refractivity contribution in [3.05, 3.63) is 109 Å². The molecule has 3 aromatic carbocycles. The van der Waals surface area contributed by atoms with Crippen LogP contribution in [0.1, 0.15) is 17.0 Å². The van der Waals surface area contributed by atoms with Crippen LogP contribution in [0.25, 0.3) is 0 Å². The zero-order valence-corrected chi connectivity index (χ0v) is 18.5. The molecule has 3 aromatic rings. The number of allylic oxidation sites excluding steroid dienone is 1. The maximum atomic E-state index is 16.9. The second kappa shape index (κ2) is 8.75. The van der Waals surface area contributed by atoms with E-state index in [2.05, 4.69) is 6.58 Å². The van der Waals surface area contributed by atoms with Crippen molar-refractivity contribution in [3.8, 4) is 0 Å². The molecule has 0 amide bonds. The fraction of sp³-hybridized carbons (Fsp3) is 0.130. The maximum Gasteiger partial charge on any atom is 0.416 e. The molecule has 3 rings (SSSR count). The Labute approximate surface area is 189 Å². The minimum atomic E-state index is -5.25. The Morgan fingerprint density at radius 1 is 0.667 bits per heavy atom. The summed E-state index contributed by atoms with van der Waals surface area (Å²) in [7, 11) is -10.5. The normalized spacial score (nSPS) is 13.9. The number of halogens is 4. The van der Waals surface area contributed by atoms with E-state index in [1.165, 1.54) is 36.4 Å². The first kappa shape index (κ1) is 24.7. The molecule has 0 saturated heterocycles. The summed E-state index contributed by atoms with van der Waals surface area (Å²) >= 11 is 0. The molecule has 0 unspecified atom stereocenters. The van der Waals surface area contributed by atoms with E-state index in [-0.39, 0.29) is 5.56 Å². The van der Waals surface area contributed by atoms with Gasteiger partial charge in [0.25, 0.3) is 0 Å². The van der Waals surface area contributed by atoms with Gasteiger partial charge in [0, 0.05) is 0 Å². The molecule has 0 aromatic heterocycles. The molecular weight excluding hydrogens is 480 g/mol. The molecule has 0 bridgehead atoms. The van der Waals surface area contributed by atoms with Crippen LogP contribution < -0.4 is 0 Å². The van der Waals surface area contributed by atoms with Gasteiger partial charge in [-0.05, 0) is 42.0 Å². The zero-order valence-electron chi connectivity index (χ0n) is 16.9. The number of benzene rings is 3. The number of hydrogen-bond acceptors (Lipinski definition) is 4. The van der Waals surface area contributed by atoms with Crippen LogP contribution in [-0.4, -0.2) is 21.2 Å². The van der Waals surface area contributed by atoms with E-state index in [0.29, 0.717) is 12.1 Å². The topological polar surface area (TPSA) is 68.3 Å². The zero-order chi connectivity index (χ0) is 24.5. The van der Waals surface area contributed by atoms with Crippen LogP contribution in [0.5, 0.6) is 0 Å². The van der Waals surface area contributed by atoms with Gasteiger partial charge in [-0.25, -0.2) is 21.2 Å². The summed E-state index contributed by atoms with van der Waals surface area (Å²) < 4.78 is 106. The van der Waals surface area contributed by atoms with E-state index in [1.54, 1.807) is 0 Å². The van der Waals surface area contributed by atoms with Crippen molar-refractivity contribution >= 4 is 19.7 Å². The first-order valence-electron chi connectivity index (χ1n) is 9.45. The summed E-state index contributed by atoms with van der Waals surface area (Å²) in [6.07, 6.45) is -3.93. The molecule has 4 nitrogen and oxygen atoms in total. The van der Waals surface area contributed by atoms with Crippen LogP contribution in [0.3, 0.4) is 0 Å². The van der Waals surface area contributed by atoms with Gasteiger partial charge < -0.3 is 0 Å². The second-order valence-electron chi connectivity index (χ2n) is 7.05. The van der Waals surface area contributed by atoms with Gasteiger partial charge in [0.1, 0.15) is 0 Å². The van der Waals surface area contributed by atoms with Crippen molar-refractivity contribution in [1.82, 2.24) is 0 Å². The molecule has 174 valence electrons. The molecule has 33 heavy (non-hydrogen) atoms. The minimum Gasteiger partial charge on any atom is -0.219 e. The van der Waals surface area contributed by atoms with E-state index in [9.17, 15) is 30.0 Å². The Morgan fingerprint density at radius 3 is 1.39 bits per heavy atom. The number of rotatable bonds is 7. The number of sulfone groups is 2. The quantitative estimate of drug-likeness (QED) is 0.317. The molecule has 10 heteroatoms. The van der Waals surface area contributed by atoms with Gasteiger partial charge in [-0.3, -0.25) is 0 Å². The Hall–Kier alpha value is -2.98. The highest BCUT2D eigenvalue weighted by molar-refractivity contribution is 8.10. The average Bonchev–Trinajstić information content (AvgIpc) is 2.80. The molecule has 0 spiro atoms. The third-order valence-electron chi connectivity index (χ3n) is 5.04. The fourth-order valence-electron chi connectivity index (χ4n) is 3.35. The molecule has 1 atom stereocenters. The fourth-order valence-corrected chi connectivity index (χ4v) is 7.89. The molecule has 0 aliphatic heterocycles. The summed E-state index contributed by atoms with van der Waals surface area (Å²) in [6.45, 7) is 3.40. The lowest BCUT2D eigenvalue weighted by atomic mass is 9.98. The molecule has 0 aliphatic rings. The molecule has 0 radical (unpaired) electrons. The molecular formula is C23H18F4O4S2. The van der Waals surface area contributed by atoms with Gasteiger partial charge in [0.05, 0.1) is 21.3 Å². The number of alkyl halides is 4. The molecule has 0 fully saturated rings. The predicted octanol–water partition coefficient (Wildman–Crippen LogP) is 5.55. The van der Waals surface area contributed by atoms with Crippen LogP contribution in [0, 0.1) is 0 Å². The summed E-state index contributed by atoms with van der Waals surface area (Å²) in [5.74, 6) is -2.05. The van der Waals surface area contributed by atoms with Crippen molar-refractivity contribution in [2.24, 2.45) is 0 Å². The highest BCUT2D eigenvalue weighted by Crippen LogP contribution is 2.47. The molecule has 0 saturated carbocycles. The van der Waals surface area contributed by atoms with E-state index in [0.717, 1.165) is 42.5 Å². The van der Waals surface area contributed by atoms with E-state index in [1.807, 2.05) is 0 Å². The van der Waals surface area contributed by atoms with Crippen LogP contribution >= 0.6 is 0 Å². The molecule has 0 aliphatic carbocycles. The van der Waals surface area contributed by atoms with E-state index >= 15 is 4.39 Å². The smallest absolute Gasteiger partial charge is 0.219 e. The van der Waals surface area contributed by atoms with Crippen molar-refractivity contribution < 1.29 is 34.4 Å². The third-order valence-corrected chi connectivity index (χ3v) is 10.1. The second-order valence-corrected chi connectivity index (χ2v) is 11.5. The van der Waals surface area contributed by atoms with Crippen LogP contribution in [0.15, 0.2) is 107 Å². The van der Waals surface area contributed by atoms with Gasteiger partial charge in [0.2, 0.25) is 19.7 Å². The Morgan fingerprint density at radius 2 is 1.06 bits per heavy atom. The monoisotopic (exact) mass is 498 g/mol. The Balaban J connectivity index is 2.32. The van der Waals surface area contributed by atoms with Gasteiger partial charge in [-0.15, -0.1) is 6.58 Å². The van der Waals surface area contributed by atoms with Gasteiger partial charge in [0.15, 0.2) is 0 Å². The van der Waals surface area contributed by atoms with Crippen LogP contribution in [0.4, 0.5) is 17.6 Å². The highest BCUT2D eigenvalue weighted by Gasteiger charge is 2.62. The lowest BCUT2D eigenvalue weighted by Gasteiger charge is -2.31. The van der Waals surface area contributed by atoms with E-state index in [4.69, 9.17) is 0 Å². The van der Waals surface area contributed by atoms with Crippen LogP contribution in [0.2, 0.25) is 0 Å². The van der Waals surface area contributed by atoms with Crippen LogP contribution in [-0.2, 0) is 25.9 Å². The Bertz CT molecular complexity index is 1270. The van der Waals surface area contributed by atoms with Crippen molar-refractivity contribution in [1.29, 1.82) is 0 Å². The minimum absolute atomic E-state index is 0.306. The average molecular weight is 499 g/mol. The summed E-state index contributed by atoms with van der Waals surface area (Å²) in [6, 6.07) is 15.2. The van der Waals surface area contributed by atoms with Crippen molar-refractivity contribution in [2.45, 2.75) is 26.2 Å². The lowest BCUT2D eigenvalue weighted by molar-refractivity contribution is -0.137. The van der Waals surface area contributed by atoms with E-state index < -0.39 is 51.5 Å². The third kappa shape index (κ3) is 4.20. The highest BCUT2D eigenvalue weighted by atomic mass is 32.3. The largest absolute Gasteiger partial charge is 0.416 e. The summed E-state index contributed by atoms with van der Waals surface area (Å²) in [5, 5.41) is 0. The first-order valence-corrected chi connectivity index (χ1v) is 12.4. The summed E-state index contributed by atoms with van der Waals surface area (Å²) in [4.78, 5) is -1.21. The SMILES string of the molecule is C=C[C@@H](c1ccc(C(F)(F)F)cc1)C(F)(S(=O)(=O)c1ccccc1)S(=O)(=O)c1ccccc1. The number of hydrogen-bond donors (Lipinski definition) is 0. The van der Waals surface area contributed by atoms with Gasteiger partial charge in [-0.2, -0.15) is 13.2 Å². The first-order chi connectivity index (χ1) is 15.4. The molecule has 0 N–H and O–H groups in total. The standard InChI is InChI=1S/C23H18F4O4S2/c1-2-21(17-13-15-18(16-14-17)22(24,25)26)23(27,32(28,29)19-9-5-3-6-10-19)33(30,31)20-11-7-4-8-12-20/h2-16,21H,1H2/t21-/m0/s1. The predicted molar refractivity (Wildman–Crippen MR) is 115 cm³/mol. The van der Waals surface area contributed by atoms with Gasteiger partial charge >= 0.3 is 10.5 Å².